The van der Waals surface area contributed by atoms with Crippen LogP contribution < -0.4 is 0 Å². The molecule has 5 rings (SSSR count). The second kappa shape index (κ2) is 9.47. The third-order valence-corrected chi connectivity index (χ3v) is 10.3. The molecule has 0 atom stereocenters. The van der Waals surface area contributed by atoms with E-state index in [1.165, 1.54) is 54.0 Å². The molecule has 0 unspecified atom stereocenters. The van der Waals surface area contributed by atoms with E-state index in [1.54, 1.807) is 34.8 Å². The first kappa shape index (κ1) is 23.6. The second-order valence-electron chi connectivity index (χ2n) is 7.58. The van der Waals surface area contributed by atoms with E-state index in [4.69, 9.17) is 22.4 Å². The zero-order chi connectivity index (χ0) is 25.4. The SMILES string of the molecule is [C-]#[N+]C(C#N)=Nc1ccc(-c2cc3c(C)c4sc(-c5ccc(N=C(C#N)C#N)s5)cc4c(C)c3s2)s1. The van der Waals surface area contributed by atoms with E-state index >= 15 is 0 Å². The van der Waals surface area contributed by atoms with Crippen molar-refractivity contribution in [3.8, 4) is 37.7 Å². The monoisotopic (exact) mass is 536 g/mol. The lowest BCUT2D eigenvalue weighted by atomic mass is 10.0. The van der Waals surface area contributed by atoms with Gasteiger partial charge in [-0.2, -0.15) is 10.5 Å². The van der Waals surface area contributed by atoms with Gasteiger partial charge in [0.05, 0.1) is 0 Å². The third kappa shape index (κ3) is 4.10. The zero-order valence-corrected chi connectivity index (χ0v) is 22.0. The van der Waals surface area contributed by atoms with E-state index in [-0.39, 0.29) is 11.5 Å². The molecule has 0 aliphatic carbocycles. The van der Waals surface area contributed by atoms with Crippen LogP contribution in [-0.4, -0.2) is 11.5 Å². The first-order chi connectivity index (χ1) is 17.4. The van der Waals surface area contributed by atoms with Crippen LogP contribution >= 0.6 is 45.3 Å². The van der Waals surface area contributed by atoms with Crippen molar-refractivity contribution in [1.29, 1.82) is 15.8 Å². The molecular weight excluding hydrogens is 525 g/mol. The van der Waals surface area contributed by atoms with Crippen molar-refractivity contribution in [3.63, 3.8) is 0 Å². The van der Waals surface area contributed by atoms with E-state index < -0.39 is 0 Å². The van der Waals surface area contributed by atoms with Crippen molar-refractivity contribution in [2.75, 3.05) is 0 Å². The number of nitriles is 3. The predicted molar refractivity (Wildman–Crippen MR) is 151 cm³/mol. The second-order valence-corrected chi connectivity index (χ2v) is 11.8. The van der Waals surface area contributed by atoms with Crippen LogP contribution in [-0.2, 0) is 0 Å². The highest BCUT2D eigenvalue weighted by Crippen LogP contribution is 2.47. The number of amidine groups is 1. The van der Waals surface area contributed by atoms with E-state index in [2.05, 4.69) is 40.8 Å². The van der Waals surface area contributed by atoms with Gasteiger partial charge in [-0.1, -0.05) is 22.9 Å². The molecule has 10 heteroatoms. The summed E-state index contributed by atoms with van der Waals surface area (Å²) in [6.45, 7) is 11.3. The van der Waals surface area contributed by atoms with Crippen LogP contribution in [0.4, 0.5) is 10.0 Å². The smallest absolute Gasteiger partial charge is 0.350 e. The number of thiophene rings is 4. The average Bonchev–Trinajstić information content (AvgIpc) is 3.69. The Morgan fingerprint density at radius 1 is 0.722 bits per heavy atom. The molecule has 0 radical (unpaired) electrons. The van der Waals surface area contributed by atoms with Crippen molar-refractivity contribution < 1.29 is 0 Å². The maximum Gasteiger partial charge on any atom is 0.350 e. The molecule has 0 fully saturated rings. The minimum Gasteiger partial charge on any atom is -0.351 e. The van der Waals surface area contributed by atoms with Crippen LogP contribution in [0.15, 0.2) is 46.4 Å². The third-order valence-electron chi connectivity index (χ3n) is 5.48. The molecule has 0 bridgehead atoms. The van der Waals surface area contributed by atoms with Gasteiger partial charge in [0.15, 0.2) is 0 Å². The van der Waals surface area contributed by atoms with Crippen LogP contribution in [0, 0.1) is 54.4 Å². The summed E-state index contributed by atoms with van der Waals surface area (Å²) in [5, 5.41) is 30.6. The topological polar surface area (TPSA) is 100 Å². The summed E-state index contributed by atoms with van der Waals surface area (Å²) in [7, 11) is 0. The Balaban J connectivity index is 1.56. The molecule has 4 aromatic heterocycles. The molecule has 0 aliphatic rings. The Morgan fingerprint density at radius 3 is 1.67 bits per heavy atom. The molecule has 0 saturated heterocycles. The van der Waals surface area contributed by atoms with Crippen LogP contribution in [0.1, 0.15) is 11.1 Å². The van der Waals surface area contributed by atoms with E-state index in [9.17, 15) is 0 Å². The molecule has 4 heterocycles. The van der Waals surface area contributed by atoms with Crippen LogP contribution in [0.5, 0.6) is 0 Å². The van der Waals surface area contributed by atoms with Crippen molar-refractivity contribution in [3.05, 3.63) is 58.9 Å². The van der Waals surface area contributed by atoms with Crippen molar-refractivity contribution >= 4 is 87.1 Å². The Bertz CT molecular complexity index is 1690. The molecule has 0 N–H and O–H groups in total. The van der Waals surface area contributed by atoms with Gasteiger partial charge in [0, 0.05) is 28.9 Å². The van der Waals surface area contributed by atoms with E-state index in [0.29, 0.717) is 10.0 Å². The van der Waals surface area contributed by atoms with Crippen molar-refractivity contribution in [2.45, 2.75) is 13.8 Å². The van der Waals surface area contributed by atoms with Gasteiger partial charge in [0.1, 0.15) is 23.2 Å². The molecule has 0 spiro atoms. The van der Waals surface area contributed by atoms with Crippen LogP contribution in [0.25, 0.3) is 44.5 Å². The van der Waals surface area contributed by atoms with Gasteiger partial charge >= 0.3 is 5.84 Å². The molecule has 5 aromatic rings. The molecule has 0 amide bonds. The highest BCUT2D eigenvalue weighted by Gasteiger charge is 2.18. The summed E-state index contributed by atoms with van der Waals surface area (Å²) in [6.07, 6.45) is 0. The van der Waals surface area contributed by atoms with Gasteiger partial charge in [0.2, 0.25) is 10.7 Å². The van der Waals surface area contributed by atoms with Crippen molar-refractivity contribution in [1.82, 2.24) is 0 Å². The average molecular weight is 537 g/mol. The minimum absolute atomic E-state index is 0.149. The maximum atomic E-state index is 8.97. The number of benzene rings is 1. The molecule has 36 heavy (non-hydrogen) atoms. The van der Waals surface area contributed by atoms with Gasteiger partial charge in [0.25, 0.3) is 0 Å². The van der Waals surface area contributed by atoms with Crippen molar-refractivity contribution in [2.24, 2.45) is 9.98 Å². The number of aryl methyl sites for hydroxylation is 2. The highest BCUT2D eigenvalue weighted by atomic mass is 32.1. The molecular formula is C26H12N6S4. The Kier molecular flexibility index (Phi) is 6.20. The van der Waals surface area contributed by atoms with Crippen LogP contribution in [0.3, 0.4) is 0 Å². The summed E-state index contributed by atoms with van der Waals surface area (Å²) in [5.41, 5.74) is 2.30. The normalized spacial score (nSPS) is 11.1. The number of nitrogens with zero attached hydrogens (tertiary/aromatic N) is 6. The van der Waals surface area contributed by atoms with Gasteiger partial charge in [-0.3, -0.25) is 0 Å². The van der Waals surface area contributed by atoms with E-state index in [1.807, 2.05) is 30.3 Å². The summed E-state index contributed by atoms with van der Waals surface area (Å²) in [5.74, 6) is -0.164. The van der Waals surface area contributed by atoms with Gasteiger partial charge in [-0.15, -0.1) is 34.0 Å². The minimum atomic E-state index is -0.164. The Hall–Kier alpha value is -4.16. The maximum absolute atomic E-state index is 8.97. The highest BCUT2D eigenvalue weighted by molar-refractivity contribution is 7.28. The number of fused-ring (bicyclic) bond motifs is 2. The summed E-state index contributed by atoms with van der Waals surface area (Å²) in [6, 6.07) is 17.5. The fraction of sp³-hybridized carbons (Fsp3) is 0.0769. The first-order valence-corrected chi connectivity index (χ1v) is 13.6. The summed E-state index contributed by atoms with van der Waals surface area (Å²) < 4.78 is 2.47. The molecule has 0 aliphatic heterocycles. The first-order valence-electron chi connectivity index (χ1n) is 10.4. The molecule has 170 valence electrons. The fourth-order valence-corrected chi connectivity index (χ4v) is 8.17. The largest absolute Gasteiger partial charge is 0.351 e. The Labute approximate surface area is 222 Å². The number of rotatable bonds is 4. The Morgan fingerprint density at radius 2 is 1.22 bits per heavy atom. The number of aliphatic imine (C=N–C) groups is 2. The van der Waals surface area contributed by atoms with Gasteiger partial charge in [-0.25, -0.2) is 10.3 Å². The zero-order valence-electron chi connectivity index (χ0n) is 18.8. The molecule has 6 nitrogen and oxygen atoms in total. The number of hydrogen-bond acceptors (Lipinski definition) is 9. The van der Waals surface area contributed by atoms with Gasteiger partial charge < -0.3 is 4.85 Å². The lowest BCUT2D eigenvalue weighted by Gasteiger charge is -2.03. The lowest BCUT2D eigenvalue weighted by molar-refractivity contribution is 1.51. The molecule has 1 aromatic carbocycles. The number of hydrogen-bond donors (Lipinski definition) is 0. The van der Waals surface area contributed by atoms with E-state index in [0.717, 1.165) is 19.5 Å². The quantitative estimate of drug-likeness (QED) is 0.130. The van der Waals surface area contributed by atoms with Crippen LogP contribution in [0.2, 0.25) is 0 Å². The standard InChI is InChI=1S/C26H12N6S4/c1-13-16-8-20(18-4-6-23(33-18)31-15(10-27)11-28)35-25(16)14(2)17-9-21(36-26(13)17)19-5-7-24(34-19)32-22(12-29)30-3/h4-9H,1-2H3. The predicted octanol–water partition coefficient (Wildman–Crippen LogP) is 8.78. The summed E-state index contributed by atoms with van der Waals surface area (Å²) in [4.78, 5) is 15.7. The van der Waals surface area contributed by atoms with Gasteiger partial charge in [-0.05, 0) is 72.1 Å². The fourth-order valence-electron chi connectivity index (χ4n) is 3.79. The molecule has 0 saturated carbocycles. The lowest BCUT2D eigenvalue weighted by Crippen LogP contribution is -1.84. The summed E-state index contributed by atoms with van der Waals surface area (Å²) >= 11 is 6.40.